The lowest BCUT2D eigenvalue weighted by atomic mass is 10.1. The summed E-state index contributed by atoms with van der Waals surface area (Å²) in [5.74, 6) is -0.301. The Balaban J connectivity index is 2.10. The van der Waals surface area contributed by atoms with Gasteiger partial charge in [0.1, 0.15) is 5.82 Å². The van der Waals surface area contributed by atoms with Gasteiger partial charge in [-0.05, 0) is 30.7 Å². The second-order valence-electron chi connectivity index (χ2n) is 5.83. The largest absolute Gasteiger partial charge is 0.328 e. The minimum absolute atomic E-state index is 0.144. The molecule has 4 heteroatoms. The minimum atomic E-state index is -0.301. The van der Waals surface area contributed by atoms with Crippen molar-refractivity contribution in [3.8, 4) is 0 Å². The molecule has 2 amide bonds. The van der Waals surface area contributed by atoms with Gasteiger partial charge >= 0.3 is 6.03 Å². The molecular formula is C18H29FN2O. The Bertz CT molecular complexity index is 420. The van der Waals surface area contributed by atoms with Crippen molar-refractivity contribution in [1.29, 1.82) is 0 Å². The van der Waals surface area contributed by atoms with Crippen LogP contribution in [0.1, 0.15) is 58.3 Å². The molecule has 0 spiro atoms. The summed E-state index contributed by atoms with van der Waals surface area (Å²) in [6.45, 7) is 2.98. The van der Waals surface area contributed by atoms with Crippen molar-refractivity contribution in [1.82, 2.24) is 4.90 Å². The number of anilines is 1. The standard InChI is InChI=1S/C18H29FN2O/c1-3-4-5-6-7-8-9-10-15-21(2)18(22)20-17-13-11-16(19)12-14-17/h11-14H,3-10,15H2,1-2H3,(H,20,22). The third-order valence-corrected chi connectivity index (χ3v) is 3.79. The molecule has 124 valence electrons. The number of unbranched alkanes of at least 4 members (excludes halogenated alkanes) is 7. The Morgan fingerprint density at radius 1 is 1.00 bits per heavy atom. The maximum Gasteiger partial charge on any atom is 0.321 e. The lowest BCUT2D eigenvalue weighted by Crippen LogP contribution is -2.32. The van der Waals surface area contributed by atoms with E-state index < -0.39 is 0 Å². The summed E-state index contributed by atoms with van der Waals surface area (Å²) >= 11 is 0. The van der Waals surface area contributed by atoms with Crippen LogP contribution >= 0.6 is 0 Å². The zero-order valence-corrected chi connectivity index (χ0v) is 13.9. The molecule has 0 bridgehead atoms. The summed E-state index contributed by atoms with van der Waals surface area (Å²) in [4.78, 5) is 13.6. The second kappa shape index (κ2) is 11.0. The van der Waals surface area contributed by atoms with E-state index in [1.54, 1.807) is 24.1 Å². The molecule has 1 N–H and O–H groups in total. The van der Waals surface area contributed by atoms with Crippen LogP contribution in [-0.2, 0) is 0 Å². The van der Waals surface area contributed by atoms with Crippen molar-refractivity contribution in [2.45, 2.75) is 58.3 Å². The first-order valence-electron chi connectivity index (χ1n) is 8.41. The summed E-state index contributed by atoms with van der Waals surface area (Å²) < 4.78 is 12.8. The molecule has 0 aliphatic carbocycles. The van der Waals surface area contributed by atoms with Gasteiger partial charge in [0.05, 0.1) is 0 Å². The molecular weight excluding hydrogens is 279 g/mol. The highest BCUT2D eigenvalue weighted by molar-refractivity contribution is 5.89. The lowest BCUT2D eigenvalue weighted by Gasteiger charge is -2.17. The molecule has 0 atom stereocenters. The number of hydrogen-bond acceptors (Lipinski definition) is 1. The van der Waals surface area contributed by atoms with Crippen molar-refractivity contribution >= 4 is 11.7 Å². The van der Waals surface area contributed by atoms with Gasteiger partial charge in [-0.1, -0.05) is 51.9 Å². The number of nitrogens with one attached hydrogen (secondary N) is 1. The number of hydrogen-bond donors (Lipinski definition) is 1. The van der Waals surface area contributed by atoms with Crippen LogP contribution in [0.25, 0.3) is 0 Å². The fraction of sp³-hybridized carbons (Fsp3) is 0.611. The Kier molecular flexibility index (Phi) is 9.28. The van der Waals surface area contributed by atoms with E-state index in [0.717, 1.165) is 13.0 Å². The highest BCUT2D eigenvalue weighted by Gasteiger charge is 2.08. The molecule has 0 aliphatic rings. The molecule has 0 saturated carbocycles. The van der Waals surface area contributed by atoms with Crippen LogP contribution in [0.15, 0.2) is 24.3 Å². The first-order chi connectivity index (χ1) is 10.6. The van der Waals surface area contributed by atoms with Crippen LogP contribution in [0.4, 0.5) is 14.9 Å². The molecule has 1 aromatic carbocycles. The highest BCUT2D eigenvalue weighted by Crippen LogP contribution is 2.10. The average molecular weight is 308 g/mol. The van der Waals surface area contributed by atoms with Crippen molar-refractivity contribution < 1.29 is 9.18 Å². The molecule has 0 saturated heterocycles. The molecule has 3 nitrogen and oxygen atoms in total. The number of rotatable bonds is 10. The molecule has 22 heavy (non-hydrogen) atoms. The van der Waals surface area contributed by atoms with Crippen molar-refractivity contribution in [3.63, 3.8) is 0 Å². The predicted octanol–water partition coefficient (Wildman–Crippen LogP) is 5.43. The Hall–Kier alpha value is -1.58. The van der Waals surface area contributed by atoms with Crippen LogP contribution in [-0.4, -0.2) is 24.5 Å². The van der Waals surface area contributed by atoms with E-state index in [4.69, 9.17) is 0 Å². The molecule has 0 aliphatic heterocycles. The number of amides is 2. The third kappa shape index (κ3) is 8.01. The summed E-state index contributed by atoms with van der Waals surface area (Å²) in [6, 6.07) is 5.67. The van der Waals surface area contributed by atoms with Gasteiger partial charge in [-0.2, -0.15) is 0 Å². The maximum absolute atomic E-state index is 12.8. The topological polar surface area (TPSA) is 32.3 Å². The van der Waals surface area contributed by atoms with E-state index in [1.165, 1.54) is 57.1 Å². The molecule has 0 fully saturated rings. The molecule has 0 unspecified atom stereocenters. The normalized spacial score (nSPS) is 10.5. The van der Waals surface area contributed by atoms with E-state index in [0.29, 0.717) is 5.69 Å². The third-order valence-electron chi connectivity index (χ3n) is 3.79. The molecule has 1 aromatic rings. The van der Waals surface area contributed by atoms with Gasteiger partial charge in [0.2, 0.25) is 0 Å². The van der Waals surface area contributed by atoms with Crippen molar-refractivity contribution in [3.05, 3.63) is 30.1 Å². The number of halogens is 1. The number of benzene rings is 1. The zero-order valence-electron chi connectivity index (χ0n) is 13.9. The number of urea groups is 1. The quantitative estimate of drug-likeness (QED) is 0.574. The second-order valence-corrected chi connectivity index (χ2v) is 5.83. The van der Waals surface area contributed by atoms with Gasteiger partial charge in [0.15, 0.2) is 0 Å². The van der Waals surface area contributed by atoms with Gasteiger partial charge in [-0.25, -0.2) is 9.18 Å². The summed E-state index contributed by atoms with van der Waals surface area (Å²) in [7, 11) is 1.79. The number of carbonyl (C=O) groups excluding carboxylic acids is 1. The molecule has 1 rings (SSSR count). The lowest BCUT2D eigenvalue weighted by molar-refractivity contribution is 0.221. The van der Waals surface area contributed by atoms with Gasteiger partial charge in [-0.15, -0.1) is 0 Å². The molecule has 0 heterocycles. The fourth-order valence-corrected chi connectivity index (χ4v) is 2.34. The number of carbonyl (C=O) groups is 1. The van der Waals surface area contributed by atoms with Gasteiger partial charge in [-0.3, -0.25) is 0 Å². The van der Waals surface area contributed by atoms with E-state index in [9.17, 15) is 9.18 Å². The van der Waals surface area contributed by atoms with Gasteiger partial charge in [0, 0.05) is 19.3 Å². The first kappa shape index (κ1) is 18.5. The van der Waals surface area contributed by atoms with Crippen molar-refractivity contribution in [2.24, 2.45) is 0 Å². The van der Waals surface area contributed by atoms with E-state index in [1.807, 2.05) is 0 Å². The smallest absolute Gasteiger partial charge is 0.321 e. The summed E-state index contributed by atoms with van der Waals surface area (Å²) in [6.07, 6.45) is 10.0. The zero-order chi connectivity index (χ0) is 16.2. The SMILES string of the molecule is CCCCCCCCCCN(C)C(=O)Nc1ccc(F)cc1. The highest BCUT2D eigenvalue weighted by atomic mass is 19.1. The Morgan fingerprint density at radius 3 is 2.14 bits per heavy atom. The monoisotopic (exact) mass is 308 g/mol. The fourth-order valence-electron chi connectivity index (χ4n) is 2.34. The molecule has 0 aromatic heterocycles. The van der Waals surface area contributed by atoms with Crippen LogP contribution in [0, 0.1) is 5.82 Å². The van der Waals surface area contributed by atoms with Crippen molar-refractivity contribution in [2.75, 3.05) is 18.9 Å². The van der Waals surface area contributed by atoms with Gasteiger partial charge in [0.25, 0.3) is 0 Å². The van der Waals surface area contributed by atoms with Gasteiger partial charge < -0.3 is 10.2 Å². The van der Waals surface area contributed by atoms with E-state index in [2.05, 4.69) is 12.2 Å². The first-order valence-corrected chi connectivity index (χ1v) is 8.41. The average Bonchev–Trinajstić information content (AvgIpc) is 2.52. The summed E-state index contributed by atoms with van der Waals surface area (Å²) in [5.41, 5.74) is 0.620. The van der Waals surface area contributed by atoms with Crippen LogP contribution in [0.5, 0.6) is 0 Å². The molecule has 0 radical (unpaired) electrons. The maximum atomic E-state index is 12.8. The minimum Gasteiger partial charge on any atom is -0.328 e. The summed E-state index contributed by atoms with van der Waals surface area (Å²) in [5, 5.41) is 2.76. The van der Waals surface area contributed by atoms with E-state index in [-0.39, 0.29) is 11.8 Å². The van der Waals surface area contributed by atoms with Crippen LogP contribution in [0.2, 0.25) is 0 Å². The number of nitrogens with zero attached hydrogens (tertiary/aromatic N) is 1. The van der Waals surface area contributed by atoms with Crippen LogP contribution in [0.3, 0.4) is 0 Å². The van der Waals surface area contributed by atoms with E-state index >= 15 is 0 Å². The Morgan fingerprint density at radius 2 is 1.55 bits per heavy atom. The Labute approximate surface area is 133 Å². The van der Waals surface area contributed by atoms with Crippen LogP contribution < -0.4 is 5.32 Å². The predicted molar refractivity (Wildman–Crippen MR) is 90.7 cm³/mol.